The molecule has 0 aliphatic rings. The molecule has 0 saturated carbocycles. The lowest BCUT2D eigenvalue weighted by atomic mass is 10.1. The van der Waals surface area contributed by atoms with Crippen LogP contribution in [-0.4, -0.2) is 5.16 Å². The molecule has 0 radical (unpaired) electrons. The molecule has 2 rings (SSSR count). The molecule has 0 unspecified atom stereocenters. The van der Waals surface area contributed by atoms with Gasteiger partial charge in [0.2, 0.25) is 5.76 Å². The molecule has 0 aliphatic heterocycles. The van der Waals surface area contributed by atoms with Crippen LogP contribution in [0.3, 0.4) is 0 Å². The quantitative estimate of drug-likeness (QED) is 0.707. The van der Waals surface area contributed by atoms with Crippen LogP contribution in [0.15, 0.2) is 33.4 Å². The highest BCUT2D eigenvalue weighted by molar-refractivity contribution is 5.49. The summed E-state index contributed by atoms with van der Waals surface area (Å²) in [7, 11) is 0. The maximum absolute atomic E-state index is 5.18. The molecule has 0 spiro atoms. The number of nitrogens with zero attached hydrogens (tertiary/aromatic N) is 1. The molecule has 0 fully saturated rings. The molecule has 0 amide bonds. The monoisotopic (exact) mass is 177 g/mol. The average Bonchev–Trinajstić information content (AvgIpc) is 2.75. The number of aromatic nitrogens is 1. The molecular weight excluding hydrogens is 166 g/mol. The Morgan fingerprint density at radius 3 is 2.69 bits per heavy atom. The summed E-state index contributed by atoms with van der Waals surface area (Å²) in [6.45, 7) is 4.15. The summed E-state index contributed by atoms with van der Waals surface area (Å²) >= 11 is 0. The van der Waals surface area contributed by atoms with Gasteiger partial charge >= 0.3 is 0 Å². The lowest BCUT2D eigenvalue weighted by molar-refractivity contribution is 0.407. The van der Waals surface area contributed by atoms with Gasteiger partial charge in [-0.1, -0.05) is 19.0 Å². The van der Waals surface area contributed by atoms with Crippen molar-refractivity contribution in [3.63, 3.8) is 0 Å². The van der Waals surface area contributed by atoms with E-state index in [1.165, 1.54) is 0 Å². The van der Waals surface area contributed by atoms with Gasteiger partial charge < -0.3 is 8.94 Å². The van der Waals surface area contributed by atoms with E-state index in [2.05, 4.69) is 19.0 Å². The van der Waals surface area contributed by atoms with E-state index in [9.17, 15) is 0 Å². The molecular formula is C10H11NO2. The molecule has 0 aromatic carbocycles. The Morgan fingerprint density at radius 2 is 2.15 bits per heavy atom. The van der Waals surface area contributed by atoms with Crippen LogP contribution in [0.4, 0.5) is 0 Å². The van der Waals surface area contributed by atoms with Crippen molar-refractivity contribution in [1.82, 2.24) is 5.16 Å². The van der Waals surface area contributed by atoms with Gasteiger partial charge in [-0.15, -0.1) is 0 Å². The Hall–Kier alpha value is -1.51. The lowest BCUT2D eigenvalue weighted by Gasteiger charge is -1.92. The third-order valence-electron chi connectivity index (χ3n) is 1.88. The molecule has 0 bridgehead atoms. The number of furan rings is 1. The molecule has 0 atom stereocenters. The first-order chi connectivity index (χ1) is 6.27. The third kappa shape index (κ3) is 1.49. The molecule has 0 N–H and O–H groups in total. The van der Waals surface area contributed by atoms with E-state index in [0.29, 0.717) is 11.7 Å². The van der Waals surface area contributed by atoms with E-state index >= 15 is 0 Å². The number of hydrogen-bond donors (Lipinski definition) is 0. The van der Waals surface area contributed by atoms with Gasteiger partial charge in [0.05, 0.1) is 12.0 Å². The van der Waals surface area contributed by atoms with E-state index in [4.69, 9.17) is 8.94 Å². The molecule has 2 aromatic rings. The predicted octanol–water partition coefficient (Wildman–Crippen LogP) is 3.06. The van der Waals surface area contributed by atoms with E-state index in [1.807, 2.05) is 18.2 Å². The molecule has 0 saturated heterocycles. The molecule has 3 heteroatoms. The average molecular weight is 177 g/mol. The first-order valence-corrected chi connectivity index (χ1v) is 4.28. The fourth-order valence-electron chi connectivity index (χ4n) is 1.10. The number of hydrogen-bond acceptors (Lipinski definition) is 3. The van der Waals surface area contributed by atoms with Gasteiger partial charge in [-0.2, -0.15) is 0 Å². The van der Waals surface area contributed by atoms with Crippen molar-refractivity contribution in [2.45, 2.75) is 19.8 Å². The molecule has 3 nitrogen and oxygen atoms in total. The van der Waals surface area contributed by atoms with Gasteiger partial charge in [0.25, 0.3) is 0 Å². The van der Waals surface area contributed by atoms with Gasteiger partial charge in [0.1, 0.15) is 0 Å². The Balaban J connectivity index is 2.33. The van der Waals surface area contributed by atoms with Crippen LogP contribution in [0.5, 0.6) is 0 Å². The van der Waals surface area contributed by atoms with Crippen molar-refractivity contribution in [3.8, 4) is 11.5 Å². The molecule has 2 aromatic heterocycles. The summed E-state index contributed by atoms with van der Waals surface area (Å²) in [5.41, 5.74) is 0.950. The summed E-state index contributed by atoms with van der Waals surface area (Å²) in [6, 6.07) is 5.58. The Labute approximate surface area is 76.3 Å². The maximum atomic E-state index is 5.18. The minimum atomic E-state index is 0.382. The summed E-state index contributed by atoms with van der Waals surface area (Å²) in [5, 5.41) is 3.94. The third-order valence-corrected chi connectivity index (χ3v) is 1.88. The zero-order valence-electron chi connectivity index (χ0n) is 7.65. The molecule has 13 heavy (non-hydrogen) atoms. The van der Waals surface area contributed by atoms with E-state index in [0.717, 1.165) is 11.5 Å². The molecule has 2 heterocycles. The van der Waals surface area contributed by atoms with Crippen LogP contribution >= 0.6 is 0 Å². The smallest absolute Gasteiger partial charge is 0.202 e. The van der Waals surface area contributed by atoms with Crippen molar-refractivity contribution < 1.29 is 8.94 Å². The van der Waals surface area contributed by atoms with Crippen molar-refractivity contribution in [1.29, 1.82) is 0 Å². The Kier molecular flexibility index (Phi) is 1.93. The van der Waals surface area contributed by atoms with Crippen LogP contribution in [-0.2, 0) is 0 Å². The van der Waals surface area contributed by atoms with Crippen LogP contribution < -0.4 is 0 Å². The second kappa shape index (κ2) is 3.09. The summed E-state index contributed by atoms with van der Waals surface area (Å²) in [4.78, 5) is 0. The van der Waals surface area contributed by atoms with E-state index < -0.39 is 0 Å². The first-order valence-electron chi connectivity index (χ1n) is 4.28. The normalized spacial score (nSPS) is 11.0. The van der Waals surface area contributed by atoms with Crippen molar-refractivity contribution in [2.24, 2.45) is 0 Å². The largest absolute Gasteiger partial charge is 0.461 e. The van der Waals surface area contributed by atoms with Crippen LogP contribution in [0.2, 0.25) is 0 Å². The lowest BCUT2D eigenvalue weighted by Crippen LogP contribution is -1.84. The second-order valence-electron chi connectivity index (χ2n) is 3.25. The van der Waals surface area contributed by atoms with Crippen molar-refractivity contribution in [2.75, 3.05) is 0 Å². The van der Waals surface area contributed by atoms with Crippen molar-refractivity contribution >= 4 is 0 Å². The standard InChI is InChI=1S/C10H11NO2/c1-7(2)8-6-10(13-11-8)9-4-3-5-12-9/h3-7H,1-2H3. The van der Waals surface area contributed by atoms with Gasteiger partial charge in [0.15, 0.2) is 5.76 Å². The highest BCUT2D eigenvalue weighted by Crippen LogP contribution is 2.23. The summed E-state index contributed by atoms with van der Waals surface area (Å²) < 4.78 is 10.3. The minimum absolute atomic E-state index is 0.382. The van der Waals surface area contributed by atoms with Crippen LogP contribution in [0.1, 0.15) is 25.5 Å². The fourth-order valence-corrected chi connectivity index (χ4v) is 1.10. The molecule has 68 valence electrons. The first kappa shape index (κ1) is 8.10. The maximum Gasteiger partial charge on any atom is 0.202 e. The molecule has 0 aliphatic carbocycles. The fraction of sp³-hybridized carbons (Fsp3) is 0.300. The van der Waals surface area contributed by atoms with Gasteiger partial charge in [-0.25, -0.2) is 0 Å². The Morgan fingerprint density at radius 1 is 1.31 bits per heavy atom. The van der Waals surface area contributed by atoms with Crippen LogP contribution in [0, 0.1) is 0 Å². The summed E-state index contributed by atoms with van der Waals surface area (Å²) in [5.74, 6) is 1.79. The summed E-state index contributed by atoms with van der Waals surface area (Å²) in [6.07, 6.45) is 1.62. The predicted molar refractivity (Wildman–Crippen MR) is 48.3 cm³/mol. The van der Waals surface area contributed by atoms with E-state index in [1.54, 1.807) is 6.26 Å². The zero-order valence-corrected chi connectivity index (χ0v) is 7.65. The highest BCUT2D eigenvalue weighted by atomic mass is 16.5. The van der Waals surface area contributed by atoms with Gasteiger partial charge in [-0.05, 0) is 18.1 Å². The highest BCUT2D eigenvalue weighted by Gasteiger charge is 2.10. The SMILES string of the molecule is CC(C)c1cc(-c2ccco2)on1. The van der Waals surface area contributed by atoms with E-state index in [-0.39, 0.29) is 0 Å². The van der Waals surface area contributed by atoms with Gasteiger partial charge in [-0.3, -0.25) is 0 Å². The topological polar surface area (TPSA) is 39.2 Å². The number of rotatable bonds is 2. The van der Waals surface area contributed by atoms with Crippen LogP contribution in [0.25, 0.3) is 11.5 Å². The Bertz CT molecular complexity index is 373. The second-order valence-corrected chi connectivity index (χ2v) is 3.25. The van der Waals surface area contributed by atoms with Crippen molar-refractivity contribution in [3.05, 3.63) is 30.2 Å². The van der Waals surface area contributed by atoms with Gasteiger partial charge in [0, 0.05) is 6.07 Å². The minimum Gasteiger partial charge on any atom is -0.461 e. The zero-order chi connectivity index (χ0) is 9.26.